The Morgan fingerprint density at radius 2 is 1.89 bits per heavy atom. The van der Waals surface area contributed by atoms with Gasteiger partial charge in [0.15, 0.2) is 0 Å². The first-order chi connectivity index (χ1) is 9.17. The number of Topliss-reactive ketones (excluding diaryl/α,β-unsaturated/α-hetero) is 1. The number of esters is 1. The van der Waals surface area contributed by atoms with E-state index in [1.807, 2.05) is 30.3 Å². The maximum Gasteiger partial charge on any atom is 0.305 e. The van der Waals surface area contributed by atoms with Crippen LogP contribution >= 0.6 is 11.8 Å². The molecule has 0 N–H and O–H groups in total. The Morgan fingerprint density at radius 3 is 2.47 bits per heavy atom. The second kappa shape index (κ2) is 8.75. The highest BCUT2D eigenvalue weighted by atomic mass is 32.2. The predicted octanol–water partition coefficient (Wildman–Crippen LogP) is 3.39. The lowest BCUT2D eigenvalue weighted by Crippen LogP contribution is -2.08. The number of hydrogen-bond donors (Lipinski definition) is 0. The number of rotatable bonds is 8. The quantitative estimate of drug-likeness (QED) is 0.685. The molecule has 1 rings (SSSR count). The second-order valence-corrected chi connectivity index (χ2v) is 5.65. The Balaban J connectivity index is 2.54. The van der Waals surface area contributed by atoms with Gasteiger partial charge in [0.2, 0.25) is 0 Å². The summed E-state index contributed by atoms with van der Waals surface area (Å²) >= 11 is 1.76. The lowest BCUT2D eigenvalue weighted by Gasteiger charge is -2.15. The van der Waals surface area contributed by atoms with Gasteiger partial charge in [-0.3, -0.25) is 9.59 Å². The molecule has 0 spiro atoms. The maximum atomic E-state index is 11.9. The lowest BCUT2D eigenvalue weighted by molar-refractivity contribution is -0.141. The summed E-state index contributed by atoms with van der Waals surface area (Å²) in [5.74, 6) is 0.747. The zero-order chi connectivity index (χ0) is 14.1. The van der Waals surface area contributed by atoms with Crippen LogP contribution in [0.4, 0.5) is 0 Å². The van der Waals surface area contributed by atoms with Gasteiger partial charge in [-0.1, -0.05) is 37.3 Å². The third-order valence-electron chi connectivity index (χ3n) is 2.79. The standard InChI is InChI=1S/C15H20O3S/c1-3-19-14(12-7-5-4-6-8-12)11-13(16)9-10-15(17)18-2/h4-8,14H,3,9-11H2,1-2H3. The van der Waals surface area contributed by atoms with E-state index in [9.17, 15) is 9.59 Å². The summed E-state index contributed by atoms with van der Waals surface area (Å²) in [5.41, 5.74) is 1.17. The van der Waals surface area contributed by atoms with E-state index >= 15 is 0 Å². The lowest BCUT2D eigenvalue weighted by atomic mass is 10.0. The molecular weight excluding hydrogens is 260 g/mol. The zero-order valence-electron chi connectivity index (χ0n) is 11.4. The molecule has 0 saturated heterocycles. The van der Waals surface area contributed by atoms with Crippen LogP contribution in [0.2, 0.25) is 0 Å². The summed E-state index contributed by atoms with van der Waals surface area (Å²) in [6.07, 6.45) is 0.910. The van der Waals surface area contributed by atoms with Crippen molar-refractivity contribution in [3.05, 3.63) is 35.9 Å². The van der Waals surface area contributed by atoms with Gasteiger partial charge in [-0.2, -0.15) is 11.8 Å². The van der Waals surface area contributed by atoms with E-state index in [1.54, 1.807) is 11.8 Å². The van der Waals surface area contributed by atoms with Crippen molar-refractivity contribution in [1.82, 2.24) is 0 Å². The number of carbonyl (C=O) groups excluding carboxylic acids is 2. The number of thioether (sulfide) groups is 1. The summed E-state index contributed by atoms with van der Waals surface area (Å²) < 4.78 is 4.54. The highest BCUT2D eigenvalue weighted by molar-refractivity contribution is 7.99. The molecule has 19 heavy (non-hydrogen) atoms. The van der Waals surface area contributed by atoms with Crippen molar-refractivity contribution in [3.63, 3.8) is 0 Å². The second-order valence-electron chi connectivity index (χ2n) is 4.17. The minimum Gasteiger partial charge on any atom is -0.469 e. The van der Waals surface area contributed by atoms with Gasteiger partial charge in [0, 0.05) is 18.1 Å². The minimum atomic E-state index is -0.326. The van der Waals surface area contributed by atoms with Gasteiger partial charge >= 0.3 is 5.97 Å². The van der Waals surface area contributed by atoms with Crippen LogP contribution in [-0.2, 0) is 14.3 Å². The summed E-state index contributed by atoms with van der Waals surface area (Å²) in [7, 11) is 1.34. The van der Waals surface area contributed by atoms with Gasteiger partial charge in [-0.15, -0.1) is 0 Å². The van der Waals surface area contributed by atoms with Crippen LogP contribution in [0.3, 0.4) is 0 Å². The molecule has 0 saturated carbocycles. The molecule has 104 valence electrons. The molecular formula is C15H20O3S. The van der Waals surface area contributed by atoms with Crippen molar-refractivity contribution in [1.29, 1.82) is 0 Å². The molecule has 4 heteroatoms. The molecule has 0 fully saturated rings. The van der Waals surface area contributed by atoms with E-state index in [0.29, 0.717) is 6.42 Å². The minimum absolute atomic E-state index is 0.111. The molecule has 0 aliphatic carbocycles. The van der Waals surface area contributed by atoms with E-state index in [1.165, 1.54) is 12.7 Å². The zero-order valence-corrected chi connectivity index (χ0v) is 12.2. The molecule has 0 amide bonds. The molecule has 0 aliphatic heterocycles. The molecule has 0 aromatic heterocycles. The van der Waals surface area contributed by atoms with Crippen LogP contribution in [0, 0.1) is 0 Å². The first kappa shape index (κ1) is 15.8. The first-order valence-electron chi connectivity index (χ1n) is 6.42. The number of carbonyl (C=O) groups is 2. The van der Waals surface area contributed by atoms with Crippen LogP contribution in [0.5, 0.6) is 0 Å². The Morgan fingerprint density at radius 1 is 1.21 bits per heavy atom. The normalized spacial score (nSPS) is 11.9. The average Bonchev–Trinajstić information content (AvgIpc) is 2.45. The SMILES string of the molecule is CCSC(CC(=O)CCC(=O)OC)c1ccccc1. The highest BCUT2D eigenvalue weighted by Gasteiger charge is 2.16. The number of hydrogen-bond acceptors (Lipinski definition) is 4. The molecule has 1 aromatic rings. The fourth-order valence-corrected chi connectivity index (χ4v) is 2.85. The molecule has 3 nitrogen and oxygen atoms in total. The van der Waals surface area contributed by atoms with Crippen LogP contribution in [0.1, 0.15) is 37.0 Å². The molecule has 0 radical (unpaired) electrons. The van der Waals surface area contributed by atoms with Crippen LogP contribution in [-0.4, -0.2) is 24.6 Å². The summed E-state index contributed by atoms with van der Waals surface area (Å²) in [6, 6.07) is 10.0. The van der Waals surface area contributed by atoms with E-state index in [4.69, 9.17) is 0 Å². The van der Waals surface area contributed by atoms with Gasteiger partial charge in [-0.05, 0) is 11.3 Å². The van der Waals surface area contributed by atoms with Gasteiger partial charge in [-0.25, -0.2) is 0 Å². The van der Waals surface area contributed by atoms with Gasteiger partial charge in [0.05, 0.1) is 13.5 Å². The first-order valence-corrected chi connectivity index (χ1v) is 7.47. The van der Waals surface area contributed by atoms with E-state index in [2.05, 4.69) is 11.7 Å². The Bertz CT molecular complexity index is 403. The molecule has 1 atom stereocenters. The number of methoxy groups -OCH3 is 1. The third kappa shape index (κ3) is 5.92. The van der Waals surface area contributed by atoms with Gasteiger partial charge in [0.25, 0.3) is 0 Å². The summed E-state index contributed by atoms with van der Waals surface area (Å²) in [4.78, 5) is 22.9. The fourth-order valence-electron chi connectivity index (χ4n) is 1.79. The van der Waals surface area contributed by atoms with Crippen molar-refractivity contribution in [2.45, 2.75) is 31.4 Å². The monoisotopic (exact) mass is 280 g/mol. The van der Waals surface area contributed by atoms with Crippen molar-refractivity contribution >= 4 is 23.5 Å². The van der Waals surface area contributed by atoms with Crippen LogP contribution in [0.15, 0.2) is 30.3 Å². The molecule has 1 unspecified atom stereocenters. The van der Waals surface area contributed by atoms with Crippen LogP contribution < -0.4 is 0 Å². The van der Waals surface area contributed by atoms with Crippen molar-refractivity contribution in [3.8, 4) is 0 Å². The van der Waals surface area contributed by atoms with Crippen molar-refractivity contribution in [2.75, 3.05) is 12.9 Å². The van der Waals surface area contributed by atoms with Gasteiger partial charge in [0.1, 0.15) is 5.78 Å². The van der Waals surface area contributed by atoms with Gasteiger partial charge < -0.3 is 4.74 Å². The van der Waals surface area contributed by atoms with E-state index < -0.39 is 0 Å². The topological polar surface area (TPSA) is 43.4 Å². The van der Waals surface area contributed by atoms with Crippen molar-refractivity contribution < 1.29 is 14.3 Å². The molecule has 0 aliphatic rings. The smallest absolute Gasteiger partial charge is 0.305 e. The Kier molecular flexibility index (Phi) is 7.26. The number of ketones is 1. The van der Waals surface area contributed by atoms with Crippen molar-refractivity contribution in [2.24, 2.45) is 0 Å². The summed E-state index contributed by atoms with van der Waals surface area (Å²) in [5, 5.41) is 0.177. The Labute approximate surface area is 118 Å². The molecule has 0 heterocycles. The maximum absolute atomic E-state index is 11.9. The van der Waals surface area contributed by atoms with E-state index in [-0.39, 0.29) is 29.8 Å². The predicted molar refractivity (Wildman–Crippen MR) is 78.2 cm³/mol. The van der Waals surface area contributed by atoms with E-state index in [0.717, 1.165) is 5.75 Å². The highest BCUT2D eigenvalue weighted by Crippen LogP contribution is 2.32. The van der Waals surface area contributed by atoms with Crippen LogP contribution in [0.25, 0.3) is 0 Å². The fraction of sp³-hybridized carbons (Fsp3) is 0.467. The third-order valence-corrected chi connectivity index (χ3v) is 3.96. The largest absolute Gasteiger partial charge is 0.469 e. The molecule has 1 aromatic carbocycles. The summed E-state index contributed by atoms with van der Waals surface area (Å²) in [6.45, 7) is 2.08. The average molecular weight is 280 g/mol. The molecule has 0 bridgehead atoms. The number of ether oxygens (including phenoxy) is 1. The number of benzene rings is 1. The Hall–Kier alpha value is -1.29.